The Bertz CT molecular complexity index is 340. The van der Waals surface area contributed by atoms with Crippen LogP contribution in [0.1, 0.15) is 36.8 Å². The van der Waals surface area contributed by atoms with Crippen LogP contribution in [0.3, 0.4) is 0 Å². The minimum Gasteiger partial charge on any atom is -0.385 e. The first-order chi connectivity index (χ1) is 6.62. The molecule has 1 aliphatic rings. The first-order valence-electron chi connectivity index (χ1n) is 5.11. The Kier molecular flexibility index (Phi) is 2.31. The van der Waals surface area contributed by atoms with Gasteiger partial charge < -0.3 is 5.11 Å². The van der Waals surface area contributed by atoms with Crippen molar-refractivity contribution in [3.05, 3.63) is 35.1 Å². The number of aliphatic hydroxyl groups is 1. The highest BCUT2D eigenvalue weighted by Gasteiger charge is 2.35. The Hall–Kier alpha value is -0.890. The van der Waals surface area contributed by atoms with Crippen molar-refractivity contribution in [2.75, 3.05) is 0 Å². The second kappa shape index (κ2) is 3.35. The van der Waals surface area contributed by atoms with Crippen molar-refractivity contribution in [2.45, 2.75) is 38.2 Å². The zero-order valence-corrected chi connectivity index (χ0v) is 8.39. The third kappa shape index (κ3) is 1.55. The number of halogens is 1. The average molecular weight is 194 g/mol. The van der Waals surface area contributed by atoms with Crippen molar-refractivity contribution in [3.8, 4) is 0 Å². The summed E-state index contributed by atoms with van der Waals surface area (Å²) in [6, 6.07) is 5.07. The molecule has 76 valence electrons. The molecule has 1 aliphatic carbocycles. The van der Waals surface area contributed by atoms with Gasteiger partial charge in [-0.2, -0.15) is 0 Å². The maximum absolute atomic E-state index is 13.6. The van der Waals surface area contributed by atoms with Crippen molar-refractivity contribution >= 4 is 0 Å². The molecule has 0 atom stereocenters. The van der Waals surface area contributed by atoms with Gasteiger partial charge in [-0.1, -0.05) is 25.0 Å². The molecule has 0 aromatic heterocycles. The molecule has 0 amide bonds. The summed E-state index contributed by atoms with van der Waals surface area (Å²) < 4.78 is 13.6. The summed E-state index contributed by atoms with van der Waals surface area (Å²) in [6.07, 6.45) is 3.35. The van der Waals surface area contributed by atoms with E-state index in [2.05, 4.69) is 0 Å². The highest BCUT2D eigenvalue weighted by Crippen LogP contribution is 2.39. The molecule has 1 fully saturated rings. The van der Waals surface area contributed by atoms with Crippen LogP contribution in [-0.4, -0.2) is 5.11 Å². The molecular formula is C12H15FO. The monoisotopic (exact) mass is 194 g/mol. The molecule has 0 heterocycles. The largest absolute Gasteiger partial charge is 0.385 e. The number of aryl methyl sites for hydroxylation is 1. The standard InChI is InChI=1S/C12H15FO/c1-9-4-5-10(11(13)8-9)12(14)6-2-3-7-12/h4-5,8,14H,2-3,6-7H2,1H3. The predicted molar refractivity (Wildman–Crippen MR) is 53.5 cm³/mol. The topological polar surface area (TPSA) is 20.2 Å². The molecule has 1 aromatic rings. The number of hydrogen-bond acceptors (Lipinski definition) is 1. The normalized spacial score (nSPS) is 19.9. The van der Waals surface area contributed by atoms with Gasteiger partial charge >= 0.3 is 0 Å². The van der Waals surface area contributed by atoms with E-state index in [1.54, 1.807) is 6.07 Å². The predicted octanol–water partition coefficient (Wildman–Crippen LogP) is 2.90. The van der Waals surface area contributed by atoms with E-state index in [0.29, 0.717) is 18.4 Å². The van der Waals surface area contributed by atoms with Crippen molar-refractivity contribution in [2.24, 2.45) is 0 Å². The fourth-order valence-corrected chi connectivity index (χ4v) is 2.23. The molecule has 1 aromatic carbocycles. The van der Waals surface area contributed by atoms with E-state index in [-0.39, 0.29) is 5.82 Å². The van der Waals surface area contributed by atoms with Gasteiger partial charge in [-0.15, -0.1) is 0 Å². The summed E-state index contributed by atoms with van der Waals surface area (Å²) >= 11 is 0. The summed E-state index contributed by atoms with van der Waals surface area (Å²) in [5.41, 5.74) is 0.464. The summed E-state index contributed by atoms with van der Waals surface area (Å²) in [7, 11) is 0. The maximum Gasteiger partial charge on any atom is 0.129 e. The Morgan fingerprint density at radius 2 is 1.93 bits per heavy atom. The van der Waals surface area contributed by atoms with Gasteiger partial charge in [0.1, 0.15) is 5.82 Å². The van der Waals surface area contributed by atoms with Crippen LogP contribution in [0.5, 0.6) is 0 Å². The third-order valence-electron chi connectivity index (χ3n) is 3.06. The van der Waals surface area contributed by atoms with Gasteiger partial charge in [0.05, 0.1) is 5.60 Å². The molecule has 0 aliphatic heterocycles. The lowest BCUT2D eigenvalue weighted by Gasteiger charge is -2.23. The second-order valence-electron chi connectivity index (χ2n) is 4.22. The van der Waals surface area contributed by atoms with Crippen LogP contribution in [0.2, 0.25) is 0 Å². The zero-order valence-electron chi connectivity index (χ0n) is 8.39. The van der Waals surface area contributed by atoms with E-state index in [1.165, 1.54) is 6.07 Å². The fourth-order valence-electron chi connectivity index (χ4n) is 2.23. The maximum atomic E-state index is 13.6. The summed E-state index contributed by atoms with van der Waals surface area (Å²) in [5, 5.41) is 10.2. The molecular weight excluding hydrogens is 179 g/mol. The van der Waals surface area contributed by atoms with Gasteiger partial charge in [0.25, 0.3) is 0 Å². The first kappa shape index (κ1) is 9.66. The summed E-state index contributed by atoms with van der Waals surface area (Å²) in [5.74, 6) is -0.269. The molecule has 14 heavy (non-hydrogen) atoms. The SMILES string of the molecule is Cc1ccc(C2(O)CCCC2)c(F)c1. The van der Waals surface area contributed by atoms with Crippen molar-refractivity contribution in [1.82, 2.24) is 0 Å². The van der Waals surface area contributed by atoms with Crippen molar-refractivity contribution in [1.29, 1.82) is 0 Å². The average Bonchev–Trinajstić information content (AvgIpc) is 2.52. The van der Waals surface area contributed by atoms with E-state index in [9.17, 15) is 9.50 Å². The van der Waals surface area contributed by atoms with Gasteiger partial charge in [-0.3, -0.25) is 0 Å². The van der Waals surface area contributed by atoms with Crippen LogP contribution in [0.4, 0.5) is 4.39 Å². The van der Waals surface area contributed by atoms with Gasteiger partial charge in [0.2, 0.25) is 0 Å². The minimum absolute atomic E-state index is 0.269. The van der Waals surface area contributed by atoms with Gasteiger partial charge in [0, 0.05) is 5.56 Å². The molecule has 1 N–H and O–H groups in total. The summed E-state index contributed by atoms with van der Waals surface area (Å²) in [4.78, 5) is 0. The molecule has 1 nitrogen and oxygen atoms in total. The van der Waals surface area contributed by atoms with Crippen molar-refractivity contribution < 1.29 is 9.50 Å². The fraction of sp³-hybridized carbons (Fsp3) is 0.500. The molecule has 1 saturated carbocycles. The van der Waals surface area contributed by atoms with E-state index < -0.39 is 5.60 Å². The smallest absolute Gasteiger partial charge is 0.129 e. The molecule has 0 unspecified atom stereocenters. The lowest BCUT2D eigenvalue weighted by Crippen LogP contribution is -2.22. The zero-order chi connectivity index (χ0) is 10.2. The van der Waals surface area contributed by atoms with Gasteiger partial charge in [-0.05, 0) is 31.4 Å². The van der Waals surface area contributed by atoms with Crippen LogP contribution in [0.25, 0.3) is 0 Å². The quantitative estimate of drug-likeness (QED) is 0.728. The van der Waals surface area contributed by atoms with E-state index >= 15 is 0 Å². The van der Waals surface area contributed by atoms with Crippen LogP contribution < -0.4 is 0 Å². The van der Waals surface area contributed by atoms with Gasteiger partial charge in [0.15, 0.2) is 0 Å². The van der Waals surface area contributed by atoms with Crippen molar-refractivity contribution in [3.63, 3.8) is 0 Å². The van der Waals surface area contributed by atoms with E-state index in [0.717, 1.165) is 18.4 Å². The molecule has 0 radical (unpaired) electrons. The minimum atomic E-state index is -0.905. The molecule has 0 spiro atoms. The molecule has 0 saturated heterocycles. The number of hydrogen-bond donors (Lipinski definition) is 1. The highest BCUT2D eigenvalue weighted by atomic mass is 19.1. The Labute approximate surface area is 83.6 Å². The van der Waals surface area contributed by atoms with Crippen LogP contribution in [0.15, 0.2) is 18.2 Å². The lowest BCUT2D eigenvalue weighted by molar-refractivity contribution is 0.0407. The Morgan fingerprint density at radius 1 is 1.29 bits per heavy atom. The van der Waals surface area contributed by atoms with E-state index in [1.807, 2.05) is 13.0 Å². The van der Waals surface area contributed by atoms with Gasteiger partial charge in [-0.25, -0.2) is 4.39 Å². The van der Waals surface area contributed by atoms with Crippen LogP contribution >= 0.6 is 0 Å². The Balaban J connectivity index is 2.40. The third-order valence-corrected chi connectivity index (χ3v) is 3.06. The first-order valence-corrected chi connectivity index (χ1v) is 5.11. The molecule has 2 rings (SSSR count). The second-order valence-corrected chi connectivity index (χ2v) is 4.22. The molecule has 2 heteroatoms. The summed E-state index contributed by atoms with van der Waals surface area (Å²) in [6.45, 7) is 1.85. The Morgan fingerprint density at radius 3 is 2.50 bits per heavy atom. The number of benzene rings is 1. The van der Waals surface area contributed by atoms with Crippen LogP contribution in [0, 0.1) is 12.7 Å². The number of rotatable bonds is 1. The highest BCUT2D eigenvalue weighted by molar-refractivity contribution is 5.29. The molecule has 0 bridgehead atoms. The van der Waals surface area contributed by atoms with E-state index in [4.69, 9.17) is 0 Å². The van der Waals surface area contributed by atoms with Crippen LogP contribution in [-0.2, 0) is 5.60 Å². The lowest BCUT2D eigenvalue weighted by atomic mass is 9.91.